The summed E-state index contributed by atoms with van der Waals surface area (Å²) >= 11 is 3.42. The molecule has 1 aromatic carbocycles. The monoisotopic (exact) mass is 352 g/mol. The lowest BCUT2D eigenvalue weighted by atomic mass is 10.2. The molecular formula is C16H21BrN2O2. The molecule has 0 aromatic heterocycles. The fourth-order valence-electron chi connectivity index (χ4n) is 2.49. The maximum Gasteiger partial charge on any atom is 0.233 e. The van der Waals surface area contributed by atoms with Crippen LogP contribution in [0, 0.1) is 6.92 Å². The summed E-state index contributed by atoms with van der Waals surface area (Å²) in [6, 6.07) is 5.71. The van der Waals surface area contributed by atoms with Gasteiger partial charge in [0, 0.05) is 17.6 Å². The van der Waals surface area contributed by atoms with Crippen LogP contribution in [0.5, 0.6) is 0 Å². The SMILES string of the molecule is Cc1ccc(NC(=O)CC(=O)N2CCCCCC2)c(Br)c1. The molecule has 1 aliphatic heterocycles. The third-order valence-electron chi connectivity index (χ3n) is 3.67. The molecule has 1 saturated heterocycles. The van der Waals surface area contributed by atoms with E-state index in [1.54, 1.807) is 0 Å². The predicted octanol–water partition coefficient (Wildman–Crippen LogP) is 3.49. The average Bonchev–Trinajstić information content (AvgIpc) is 2.71. The second-order valence-electron chi connectivity index (χ2n) is 5.50. The van der Waals surface area contributed by atoms with Crippen LogP contribution in [0.2, 0.25) is 0 Å². The summed E-state index contributed by atoms with van der Waals surface area (Å²) in [5.41, 5.74) is 1.81. The van der Waals surface area contributed by atoms with Crippen LogP contribution in [0.4, 0.5) is 5.69 Å². The van der Waals surface area contributed by atoms with Crippen LogP contribution in [0.3, 0.4) is 0 Å². The van der Waals surface area contributed by atoms with Crippen LogP contribution in [-0.2, 0) is 9.59 Å². The third kappa shape index (κ3) is 4.84. The lowest BCUT2D eigenvalue weighted by molar-refractivity contribution is -0.134. The Morgan fingerprint density at radius 2 is 1.86 bits per heavy atom. The highest BCUT2D eigenvalue weighted by Crippen LogP contribution is 2.23. The summed E-state index contributed by atoms with van der Waals surface area (Å²) in [5.74, 6) is -0.327. The Morgan fingerprint density at radius 3 is 2.48 bits per heavy atom. The highest BCUT2D eigenvalue weighted by Gasteiger charge is 2.18. The molecule has 0 atom stereocenters. The summed E-state index contributed by atoms with van der Waals surface area (Å²) in [6.45, 7) is 3.54. The molecule has 1 N–H and O–H groups in total. The van der Waals surface area contributed by atoms with Crippen molar-refractivity contribution < 1.29 is 9.59 Å². The number of nitrogens with one attached hydrogen (secondary N) is 1. The summed E-state index contributed by atoms with van der Waals surface area (Å²) in [5, 5.41) is 2.79. The Labute approximate surface area is 134 Å². The van der Waals surface area contributed by atoms with Gasteiger partial charge >= 0.3 is 0 Å². The Balaban J connectivity index is 1.90. The topological polar surface area (TPSA) is 49.4 Å². The van der Waals surface area contributed by atoms with Gasteiger partial charge in [-0.15, -0.1) is 0 Å². The van der Waals surface area contributed by atoms with Gasteiger partial charge in [-0.3, -0.25) is 9.59 Å². The molecule has 0 spiro atoms. The number of amides is 2. The van der Waals surface area contributed by atoms with E-state index in [-0.39, 0.29) is 18.2 Å². The minimum absolute atomic E-state index is 0.0716. The van der Waals surface area contributed by atoms with E-state index in [1.807, 2.05) is 30.0 Å². The number of hydrogen-bond acceptors (Lipinski definition) is 2. The largest absolute Gasteiger partial charge is 0.342 e. The van der Waals surface area contributed by atoms with Gasteiger partial charge in [0.15, 0.2) is 0 Å². The van der Waals surface area contributed by atoms with E-state index >= 15 is 0 Å². The van der Waals surface area contributed by atoms with Crippen LogP contribution >= 0.6 is 15.9 Å². The average molecular weight is 353 g/mol. The Hall–Kier alpha value is -1.36. The minimum Gasteiger partial charge on any atom is -0.342 e. The van der Waals surface area contributed by atoms with Gasteiger partial charge in [0.1, 0.15) is 6.42 Å². The van der Waals surface area contributed by atoms with Gasteiger partial charge in [0.25, 0.3) is 0 Å². The van der Waals surface area contributed by atoms with Crippen molar-refractivity contribution in [2.75, 3.05) is 18.4 Å². The maximum atomic E-state index is 12.1. The number of hydrogen-bond donors (Lipinski definition) is 1. The quantitative estimate of drug-likeness (QED) is 0.846. The van der Waals surface area contributed by atoms with Crippen LogP contribution < -0.4 is 5.32 Å². The first-order valence-corrected chi connectivity index (χ1v) is 8.19. The molecular weight excluding hydrogens is 332 g/mol. The standard InChI is InChI=1S/C16H21BrN2O2/c1-12-6-7-14(13(17)10-12)18-15(20)11-16(21)19-8-4-2-3-5-9-19/h6-7,10H,2-5,8-9,11H2,1H3,(H,18,20). The van der Waals surface area contributed by atoms with Crippen LogP contribution in [0.25, 0.3) is 0 Å². The molecule has 1 fully saturated rings. The highest BCUT2D eigenvalue weighted by atomic mass is 79.9. The minimum atomic E-state index is -0.256. The molecule has 0 aliphatic carbocycles. The molecule has 1 aromatic rings. The number of nitrogens with zero attached hydrogens (tertiary/aromatic N) is 1. The number of carbonyl (C=O) groups is 2. The zero-order chi connectivity index (χ0) is 15.2. The normalized spacial score (nSPS) is 15.4. The fourth-order valence-corrected chi connectivity index (χ4v) is 3.08. The summed E-state index contributed by atoms with van der Waals surface area (Å²) in [4.78, 5) is 26.0. The molecule has 0 bridgehead atoms. The summed E-state index contributed by atoms with van der Waals surface area (Å²) in [7, 11) is 0. The lowest BCUT2D eigenvalue weighted by Gasteiger charge is -2.20. The van der Waals surface area contributed by atoms with E-state index in [2.05, 4.69) is 21.2 Å². The highest BCUT2D eigenvalue weighted by molar-refractivity contribution is 9.10. The van der Waals surface area contributed by atoms with Gasteiger partial charge < -0.3 is 10.2 Å². The van der Waals surface area contributed by atoms with Crippen LogP contribution in [0.1, 0.15) is 37.7 Å². The number of benzene rings is 1. The molecule has 0 saturated carbocycles. The number of aryl methyl sites for hydroxylation is 1. The molecule has 114 valence electrons. The number of carbonyl (C=O) groups excluding carboxylic acids is 2. The third-order valence-corrected chi connectivity index (χ3v) is 4.33. The molecule has 0 unspecified atom stereocenters. The second kappa shape index (κ2) is 7.59. The Kier molecular flexibility index (Phi) is 5.79. The maximum absolute atomic E-state index is 12.1. The Bertz CT molecular complexity index is 523. The van der Waals surface area contributed by atoms with Gasteiger partial charge in [-0.2, -0.15) is 0 Å². The van der Waals surface area contributed by atoms with Gasteiger partial charge in [-0.25, -0.2) is 0 Å². The fraction of sp³-hybridized carbons (Fsp3) is 0.500. The van der Waals surface area contributed by atoms with Crippen molar-refractivity contribution in [3.05, 3.63) is 28.2 Å². The van der Waals surface area contributed by atoms with Crippen molar-refractivity contribution >= 4 is 33.4 Å². The molecule has 0 radical (unpaired) electrons. The second-order valence-corrected chi connectivity index (χ2v) is 6.36. The van der Waals surface area contributed by atoms with E-state index in [4.69, 9.17) is 0 Å². The van der Waals surface area contributed by atoms with Gasteiger partial charge in [-0.1, -0.05) is 18.9 Å². The number of anilines is 1. The van der Waals surface area contributed by atoms with Crippen LogP contribution in [0.15, 0.2) is 22.7 Å². The van der Waals surface area contributed by atoms with Crippen LogP contribution in [-0.4, -0.2) is 29.8 Å². The molecule has 2 amide bonds. The van der Waals surface area contributed by atoms with Crippen molar-refractivity contribution in [2.24, 2.45) is 0 Å². The molecule has 5 heteroatoms. The van der Waals surface area contributed by atoms with Gasteiger partial charge in [-0.05, 0) is 53.4 Å². The molecule has 1 aliphatic rings. The zero-order valence-corrected chi connectivity index (χ0v) is 13.9. The predicted molar refractivity (Wildman–Crippen MR) is 87.2 cm³/mol. The molecule has 2 rings (SSSR count). The van der Waals surface area contributed by atoms with E-state index < -0.39 is 0 Å². The first-order valence-electron chi connectivity index (χ1n) is 7.40. The van der Waals surface area contributed by atoms with E-state index in [0.29, 0.717) is 5.69 Å². The van der Waals surface area contributed by atoms with Crippen molar-refractivity contribution in [3.8, 4) is 0 Å². The van der Waals surface area contributed by atoms with Crippen molar-refractivity contribution in [1.82, 2.24) is 4.90 Å². The number of likely N-dealkylation sites (tertiary alicyclic amines) is 1. The van der Waals surface area contributed by atoms with Crippen molar-refractivity contribution in [1.29, 1.82) is 0 Å². The zero-order valence-electron chi connectivity index (χ0n) is 12.3. The van der Waals surface area contributed by atoms with Gasteiger partial charge in [0.2, 0.25) is 11.8 Å². The van der Waals surface area contributed by atoms with Gasteiger partial charge in [0.05, 0.1) is 5.69 Å². The Morgan fingerprint density at radius 1 is 1.19 bits per heavy atom. The summed E-state index contributed by atoms with van der Waals surface area (Å²) in [6.07, 6.45) is 4.34. The van der Waals surface area contributed by atoms with Crippen molar-refractivity contribution in [2.45, 2.75) is 39.0 Å². The summed E-state index contributed by atoms with van der Waals surface area (Å²) < 4.78 is 0.832. The van der Waals surface area contributed by atoms with E-state index in [9.17, 15) is 9.59 Å². The molecule has 1 heterocycles. The number of halogens is 1. The van der Waals surface area contributed by atoms with E-state index in [1.165, 1.54) is 12.8 Å². The lowest BCUT2D eigenvalue weighted by Crippen LogP contribution is -2.34. The van der Waals surface area contributed by atoms with E-state index in [0.717, 1.165) is 36.0 Å². The first-order chi connectivity index (χ1) is 10.1. The molecule has 21 heavy (non-hydrogen) atoms. The first kappa shape index (κ1) is 16.0. The van der Waals surface area contributed by atoms with Crippen molar-refractivity contribution in [3.63, 3.8) is 0 Å². The molecule has 4 nitrogen and oxygen atoms in total. The number of rotatable bonds is 3. The smallest absolute Gasteiger partial charge is 0.233 e.